The largest absolute Gasteiger partial charge is 0.497 e. The molecule has 1 saturated carbocycles. The third-order valence-corrected chi connectivity index (χ3v) is 7.13. The summed E-state index contributed by atoms with van der Waals surface area (Å²) in [6.45, 7) is 2.47. The maximum atomic E-state index is 14.8. The molecule has 1 saturated heterocycles. The first-order valence-electron chi connectivity index (χ1n) is 11.3. The van der Waals surface area contributed by atoms with Crippen LogP contribution in [0.2, 0.25) is 0 Å². The van der Waals surface area contributed by atoms with Crippen LogP contribution >= 0.6 is 0 Å². The first-order chi connectivity index (χ1) is 15.9. The van der Waals surface area contributed by atoms with Gasteiger partial charge in [-0.3, -0.25) is 4.79 Å². The van der Waals surface area contributed by atoms with Gasteiger partial charge in [0.2, 0.25) is 0 Å². The molecule has 0 bridgehead atoms. The lowest BCUT2D eigenvalue weighted by Gasteiger charge is -2.32. The van der Waals surface area contributed by atoms with Crippen LogP contribution in [0, 0.1) is 11.2 Å². The molecular weight excluding hydrogens is 425 g/mol. The summed E-state index contributed by atoms with van der Waals surface area (Å²) in [5, 5.41) is 9.55. The van der Waals surface area contributed by atoms with Crippen LogP contribution in [0.5, 0.6) is 17.2 Å². The number of nitrogens with zero attached hydrogens (tertiary/aromatic N) is 1. The van der Waals surface area contributed by atoms with E-state index in [0.29, 0.717) is 18.9 Å². The Bertz CT molecular complexity index is 1130. The van der Waals surface area contributed by atoms with E-state index in [4.69, 9.17) is 14.2 Å². The summed E-state index contributed by atoms with van der Waals surface area (Å²) in [4.78, 5) is 13.9. The summed E-state index contributed by atoms with van der Waals surface area (Å²) in [6, 6.07) is 8.97. The highest BCUT2D eigenvalue weighted by Crippen LogP contribution is 2.48. The Morgan fingerprint density at radius 3 is 2.52 bits per heavy atom. The Hall–Kier alpha value is -3.06. The van der Waals surface area contributed by atoms with Gasteiger partial charge in [0.15, 0.2) is 11.6 Å². The van der Waals surface area contributed by atoms with Crippen molar-refractivity contribution in [3.05, 3.63) is 58.4 Å². The van der Waals surface area contributed by atoms with Gasteiger partial charge in [-0.1, -0.05) is 5.57 Å². The number of hydrogen-bond acceptors (Lipinski definition) is 5. The Morgan fingerprint density at radius 1 is 1.12 bits per heavy atom. The van der Waals surface area contributed by atoms with Crippen LogP contribution in [-0.4, -0.2) is 49.8 Å². The average molecular weight is 454 g/mol. The number of fused-ring (bicyclic) bond motifs is 2. The first kappa shape index (κ1) is 21.8. The molecule has 6 nitrogen and oxygen atoms in total. The number of carboxylic acid groups (broad SMARTS) is 1. The molecule has 1 aliphatic carbocycles. The highest BCUT2D eigenvalue weighted by molar-refractivity contribution is 5.88. The number of piperidine rings is 1. The Balaban J connectivity index is 1.55. The van der Waals surface area contributed by atoms with Crippen LogP contribution in [0.1, 0.15) is 42.4 Å². The smallest absolute Gasteiger partial charge is 0.310 e. The maximum Gasteiger partial charge on any atom is 0.310 e. The zero-order valence-electron chi connectivity index (χ0n) is 18.9. The molecule has 0 atom stereocenters. The summed E-state index contributed by atoms with van der Waals surface area (Å²) >= 11 is 0. The molecule has 3 aliphatic rings. The normalized spacial score (nSPS) is 19.1. The topological polar surface area (TPSA) is 68.2 Å². The second kappa shape index (κ2) is 8.37. The van der Waals surface area contributed by atoms with Crippen LogP contribution in [0.15, 0.2) is 35.9 Å². The van der Waals surface area contributed by atoms with Gasteiger partial charge >= 0.3 is 5.97 Å². The molecule has 2 aromatic carbocycles. The Morgan fingerprint density at radius 2 is 1.88 bits per heavy atom. The van der Waals surface area contributed by atoms with Gasteiger partial charge in [-0.05, 0) is 67.2 Å². The third-order valence-electron chi connectivity index (χ3n) is 7.13. The van der Waals surface area contributed by atoms with Crippen molar-refractivity contribution in [2.75, 3.05) is 33.9 Å². The number of carbonyl (C=O) groups is 1. The molecule has 0 aromatic heterocycles. The fourth-order valence-corrected chi connectivity index (χ4v) is 4.99. The van der Waals surface area contributed by atoms with E-state index in [1.54, 1.807) is 19.2 Å². The Kier molecular flexibility index (Phi) is 5.52. The van der Waals surface area contributed by atoms with Crippen molar-refractivity contribution in [3.63, 3.8) is 0 Å². The number of rotatable bonds is 5. The van der Waals surface area contributed by atoms with Gasteiger partial charge in [0.1, 0.15) is 18.1 Å². The molecule has 0 spiro atoms. The lowest BCUT2D eigenvalue weighted by Crippen LogP contribution is -2.38. The van der Waals surface area contributed by atoms with Gasteiger partial charge in [-0.2, -0.15) is 0 Å². The molecule has 0 amide bonds. The summed E-state index contributed by atoms with van der Waals surface area (Å²) in [5.41, 5.74) is 4.22. The third kappa shape index (κ3) is 3.95. The van der Waals surface area contributed by atoms with E-state index >= 15 is 0 Å². The zero-order chi connectivity index (χ0) is 23.2. The van der Waals surface area contributed by atoms with Crippen LogP contribution in [0.3, 0.4) is 0 Å². The lowest BCUT2D eigenvalue weighted by atomic mass is 9.86. The number of carboxylic acids is 1. The number of aliphatic carboxylic acids is 1. The minimum Gasteiger partial charge on any atom is -0.497 e. The van der Waals surface area contributed by atoms with E-state index in [2.05, 4.69) is 4.90 Å². The molecular formula is C26H28FNO5. The molecule has 5 rings (SSSR count). The summed E-state index contributed by atoms with van der Waals surface area (Å²) in [7, 11) is 3.08. The van der Waals surface area contributed by atoms with Crippen LogP contribution in [0.4, 0.5) is 4.39 Å². The average Bonchev–Trinajstić information content (AvgIpc) is 3.62. The number of ether oxygens (including phenoxy) is 3. The van der Waals surface area contributed by atoms with E-state index in [1.165, 1.54) is 12.7 Å². The molecule has 2 aromatic rings. The predicted octanol–water partition coefficient (Wildman–Crippen LogP) is 4.50. The van der Waals surface area contributed by atoms with Crippen molar-refractivity contribution in [2.45, 2.75) is 32.3 Å². The highest BCUT2D eigenvalue weighted by Gasteiger charge is 2.51. The fraction of sp³-hybridized carbons (Fsp3) is 0.423. The molecule has 0 radical (unpaired) electrons. The van der Waals surface area contributed by atoms with Gasteiger partial charge in [-0.15, -0.1) is 0 Å². The number of benzene rings is 2. The fourth-order valence-electron chi connectivity index (χ4n) is 4.99. The molecule has 33 heavy (non-hydrogen) atoms. The quantitative estimate of drug-likeness (QED) is 0.719. The number of methoxy groups -OCH3 is 2. The van der Waals surface area contributed by atoms with Gasteiger partial charge in [0, 0.05) is 30.8 Å². The Labute approximate surface area is 192 Å². The van der Waals surface area contributed by atoms with E-state index in [0.717, 1.165) is 66.8 Å². The van der Waals surface area contributed by atoms with Crippen molar-refractivity contribution >= 4 is 11.5 Å². The highest BCUT2D eigenvalue weighted by atomic mass is 19.1. The minimum absolute atomic E-state index is 0.198. The molecule has 2 aliphatic heterocycles. The second-order valence-corrected chi connectivity index (χ2v) is 9.13. The van der Waals surface area contributed by atoms with Crippen LogP contribution in [0.25, 0.3) is 5.57 Å². The molecule has 2 heterocycles. The van der Waals surface area contributed by atoms with Gasteiger partial charge in [-0.25, -0.2) is 4.39 Å². The van der Waals surface area contributed by atoms with E-state index in [-0.39, 0.29) is 5.75 Å². The van der Waals surface area contributed by atoms with Crippen LogP contribution < -0.4 is 14.2 Å². The van der Waals surface area contributed by atoms with E-state index in [9.17, 15) is 14.3 Å². The van der Waals surface area contributed by atoms with Crippen molar-refractivity contribution in [1.82, 2.24) is 4.90 Å². The standard InChI is InChI=1S/C26H28FNO5/c1-31-18-3-4-22-20(12-18)24(19-13-21(27)23(32-2)11-17(19)14-33-22)16-5-9-28(10-6-16)15-26(7-8-26)25(29)30/h3-4,11-13H,5-10,14-15H2,1-2H3,(H,29,30). The van der Waals surface area contributed by atoms with Crippen molar-refractivity contribution < 1.29 is 28.5 Å². The summed E-state index contributed by atoms with van der Waals surface area (Å²) in [5.74, 6) is 0.548. The minimum atomic E-state index is -0.688. The molecule has 174 valence electrons. The van der Waals surface area contributed by atoms with Gasteiger partial charge in [0.05, 0.1) is 19.6 Å². The zero-order valence-corrected chi connectivity index (χ0v) is 18.9. The first-order valence-corrected chi connectivity index (χ1v) is 11.3. The SMILES string of the molecule is COc1ccc2c(c1)C(=C1CCN(CC3(C(=O)O)CC3)CC1)c1cc(F)c(OC)cc1CO2. The van der Waals surface area contributed by atoms with E-state index in [1.807, 2.05) is 18.2 Å². The lowest BCUT2D eigenvalue weighted by molar-refractivity contribution is -0.144. The molecule has 0 unspecified atom stereocenters. The monoisotopic (exact) mass is 453 g/mol. The maximum absolute atomic E-state index is 14.8. The number of hydrogen-bond donors (Lipinski definition) is 1. The summed E-state index contributed by atoms with van der Waals surface area (Å²) < 4.78 is 31.6. The van der Waals surface area contributed by atoms with Crippen molar-refractivity contribution in [3.8, 4) is 17.2 Å². The van der Waals surface area contributed by atoms with Crippen LogP contribution in [-0.2, 0) is 11.4 Å². The molecule has 1 N–H and O–H groups in total. The van der Waals surface area contributed by atoms with Crippen molar-refractivity contribution in [1.29, 1.82) is 0 Å². The predicted molar refractivity (Wildman–Crippen MR) is 121 cm³/mol. The van der Waals surface area contributed by atoms with Crippen molar-refractivity contribution in [2.24, 2.45) is 5.41 Å². The van der Waals surface area contributed by atoms with Gasteiger partial charge < -0.3 is 24.2 Å². The summed E-state index contributed by atoms with van der Waals surface area (Å²) in [6.07, 6.45) is 3.08. The molecule has 2 fully saturated rings. The molecule has 7 heteroatoms. The van der Waals surface area contributed by atoms with E-state index < -0.39 is 17.2 Å². The number of likely N-dealkylation sites (tertiary alicyclic amines) is 1. The second-order valence-electron chi connectivity index (χ2n) is 9.13. The number of halogens is 1. The van der Waals surface area contributed by atoms with Gasteiger partial charge in [0.25, 0.3) is 0 Å².